The summed E-state index contributed by atoms with van der Waals surface area (Å²) in [6, 6.07) is 0. The van der Waals surface area contributed by atoms with Crippen LogP contribution in [-0.2, 0) is 0 Å². The molecule has 2 aromatic heterocycles. The molecule has 0 radical (unpaired) electrons. The van der Waals surface area contributed by atoms with E-state index >= 15 is 0 Å². The van der Waals surface area contributed by atoms with Gasteiger partial charge in [-0.15, -0.1) is 11.3 Å². The Balaban J connectivity index is 2.02. The molecule has 0 aromatic carbocycles. The highest BCUT2D eigenvalue weighted by Crippen LogP contribution is 2.31. The largest absolute Gasteiger partial charge is 0.328 e. The number of hydrogen-bond acceptors (Lipinski definition) is 5. The van der Waals surface area contributed by atoms with Crippen LogP contribution in [0, 0.1) is 0 Å². The number of hydrogen-bond donors (Lipinski definition) is 1. The van der Waals surface area contributed by atoms with Gasteiger partial charge in [0.05, 0.1) is 10.4 Å². The van der Waals surface area contributed by atoms with Gasteiger partial charge in [0, 0.05) is 6.20 Å². The second-order valence-corrected chi connectivity index (χ2v) is 3.40. The van der Waals surface area contributed by atoms with Crippen LogP contribution in [0.25, 0.3) is 0 Å². The summed E-state index contributed by atoms with van der Waals surface area (Å²) in [7, 11) is 0. The summed E-state index contributed by atoms with van der Waals surface area (Å²) in [4.78, 5) is 9.15. The first-order chi connectivity index (χ1) is 5.95. The topological polar surface area (TPSA) is 55.6 Å². The standard InChI is InChI=1S/C6H5N5S/c1-4(12-3-7-1)5-10-6-8-2-9-11(5)6/h1-3,5H,(H,8,9,10). The summed E-state index contributed by atoms with van der Waals surface area (Å²) in [5, 5.41) is 7.23. The molecule has 2 aromatic rings. The Hall–Kier alpha value is -1.43. The molecule has 0 aliphatic carbocycles. The SMILES string of the molecule is c1nc2n(n1)C(c1cncs1)N2. The number of nitrogens with one attached hydrogen (secondary N) is 1. The smallest absolute Gasteiger partial charge is 0.225 e. The molecule has 0 saturated heterocycles. The van der Waals surface area contributed by atoms with Gasteiger partial charge in [-0.2, -0.15) is 10.1 Å². The normalized spacial score (nSPS) is 19.5. The zero-order valence-corrected chi connectivity index (χ0v) is 6.82. The van der Waals surface area contributed by atoms with E-state index in [1.165, 1.54) is 0 Å². The number of rotatable bonds is 1. The second-order valence-electron chi connectivity index (χ2n) is 2.48. The molecule has 1 N–H and O–H groups in total. The van der Waals surface area contributed by atoms with Crippen LogP contribution in [0.3, 0.4) is 0 Å². The van der Waals surface area contributed by atoms with Crippen molar-refractivity contribution in [3.05, 3.63) is 22.9 Å². The van der Waals surface area contributed by atoms with Crippen LogP contribution in [-0.4, -0.2) is 19.7 Å². The summed E-state index contributed by atoms with van der Waals surface area (Å²) in [6.45, 7) is 0. The Morgan fingerprint density at radius 3 is 3.33 bits per heavy atom. The van der Waals surface area contributed by atoms with Gasteiger partial charge in [0.15, 0.2) is 6.17 Å². The molecule has 1 unspecified atom stereocenters. The van der Waals surface area contributed by atoms with Crippen LogP contribution in [0.1, 0.15) is 11.0 Å². The summed E-state index contributed by atoms with van der Waals surface area (Å²) in [5.41, 5.74) is 1.81. The van der Waals surface area contributed by atoms with Gasteiger partial charge in [-0.05, 0) is 0 Å². The predicted molar refractivity (Wildman–Crippen MR) is 43.9 cm³/mol. The van der Waals surface area contributed by atoms with Crippen molar-refractivity contribution < 1.29 is 0 Å². The van der Waals surface area contributed by atoms with Crippen LogP contribution < -0.4 is 5.32 Å². The Bertz CT molecular complexity index is 392. The number of aromatic nitrogens is 4. The van der Waals surface area contributed by atoms with Gasteiger partial charge in [-0.1, -0.05) is 0 Å². The van der Waals surface area contributed by atoms with E-state index in [2.05, 4.69) is 20.4 Å². The van der Waals surface area contributed by atoms with Crippen molar-refractivity contribution in [1.82, 2.24) is 19.7 Å². The van der Waals surface area contributed by atoms with E-state index in [1.54, 1.807) is 17.7 Å². The molecule has 3 heterocycles. The van der Waals surface area contributed by atoms with E-state index in [-0.39, 0.29) is 6.17 Å². The molecule has 12 heavy (non-hydrogen) atoms. The van der Waals surface area contributed by atoms with E-state index in [9.17, 15) is 0 Å². The van der Waals surface area contributed by atoms with Crippen LogP contribution in [0.15, 0.2) is 18.0 Å². The van der Waals surface area contributed by atoms with E-state index in [1.807, 2.05) is 16.4 Å². The van der Waals surface area contributed by atoms with Crippen LogP contribution in [0.2, 0.25) is 0 Å². The highest BCUT2D eigenvalue weighted by Gasteiger charge is 2.29. The van der Waals surface area contributed by atoms with E-state index in [0.29, 0.717) is 0 Å². The molecule has 5 nitrogen and oxygen atoms in total. The van der Waals surface area contributed by atoms with Crippen molar-refractivity contribution in [1.29, 1.82) is 0 Å². The molecule has 0 bridgehead atoms. The van der Waals surface area contributed by atoms with E-state index < -0.39 is 0 Å². The van der Waals surface area contributed by atoms with Crippen LogP contribution in [0.5, 0.6) is 0 Å². The van der Waals surface area contributed by atoms with Crippen molar-refractivity contribution in [2.45, 2.75) is 6.17 Å². The quantitative estimate of drug-likeness (QED) is 0.700. The zero-order chi connectivity index (χ0) is 7.97. The van der Waals surface area contributed by atoms with Gasteiger partial charge in [-0.25, -0.2) is 4.68 Å². The van der Waals surface area contributed by atoms with Gasteiger partial charge in [0.25, 0.3) is 0 Å². The summed E-state index contributed by atoms with van der Waals surface area (Å²) in [5.74, 6) is 0.827. The summed E-state index contributed by atoms with van der Waals surface area (Å²) >= 11 is 1.61. The summed E-state index contributed by atoms with van der Waals surface area (Å²) < 4.78 is 1.84. The van der Waals surface area contributed by atoms with Crippen molar-refractivity contribution in [2.24, 2.45) is 0 Å². The minimum absolute atomic E-state index is 0.148. The lowest BCUT2D eigenvalue weighted by Crippen LogP contribution is -2.31. The van der Waals surface area contributed by atoms with Gasteiger partial charge in [0.1, 0.15) is 6.33 Å². The van der Waals surface area contributed by atoms with Gasteiger partial charge >= 0.3 is 0 Å². The highest BCUT2D eigenvalue weighted by molar-refractivity contribution is 7.09. The minimum atomic E-state index is 0.148. The maximum atomic E-state index is 4.06. The highest BCUT2D eigenvalue weighted by atomic mass is 32.1. The first-order valence-electron chi connectivity index (χ1n) is 3.49. The maximum Gasteiger partial charge on any atom is 0.225 e. The molecule has 1 aliphatic heterocycles. The van der Waals surface area contributed by atoms with Crippen molar-refractivity contribution >= 4 is 17.3 Å². The number of nitrogens with zero attached hydrogens (tertiary/aromatic N) is 4. The third kappa shape index (κ3) is 0.646. The lowest BCUT2D eigenvalue weighted by Gasteiger charge is -2.27. The molecular formula is C6H5N5S. The molecular weight excluding hydrogens is 174 g/mol. The zero-order valence-electron chi connectivity index (χ0n) is 6.01. The Morgan fingerprint density at radius 1 is 1.58 bits per heavy atom. The molecule has 0 amide bonds. The minimum Gasteiger partial charge on any atom is -0.328 e. The Kier molecular flexibility index (Phi) is 1.04. The van der Waals surface area contributed by atoms with Crippen molar-refractivity contribution in [3.8, 4) is 0 Å². The number of fused-ring (bicyclic) bond motifs is 1. The average molecular weight is 179 g/mol. The third-order valence-electron chi connectivity index (χ3n) is 1.80. The lowest BCUT2D eigenvalue weighted by atomic mass is 10.3. The average Bonchev–Trinajstić information content (AvgIpc) is 2.62. The molecule has 3 rings (SSSR count). The second kappa shape index (κ2) is 2.04. The van der Waals surface area contributed by atoms with Gasteiger partial charge < -0.3 is 5.32 Å². The third-order valence-corrected chi connectivity index (χ3v) is 2.63. The molecule has 1 aliphatic rings. The molecule has 1 atom stereocenters. The monoisotopic (exact) mass is 179 g/mol. The molecule has 60 valence electrons. The van der Waals surface area contributed by atoms with Gasteiger partial charge in [-0.3, -0.25) is 4.98 Å². The molecule has 6 heteroatoms. The first-order valence-corrected chi connectivity index (χ1v) is 4.37. The fourth-order valence-electron chi connectivity index (χ4n) is 1.21. The molecule has 0 fully saturated rings. The van der Waals surface area contributed by atoms with E-state index in [0.717, 1.165) is 10.8 Å². The van der Waals surface area contributed by atoms with Crippen LogP contribution in [0.4, 0.5) is 5.95 Å². The predicted octanol–water partition coefficient (Wildman–Crippen LogP) is 0.707. The van der Waals surface area contributed by atoms with Gasteiger partial charge in [0.2, 0.25) is 5.95 Å². The fourth-order valence-corrected chi connectivity index (χ4v) is 1.86. The first kappa shape index (κ1) is 6.13. The lowest BCUT2D eigenvalue weighted by molar-refractivity contribution is 0.516. The number of anilines is 1. The molecule has 0 spiro atoms. The Morgan fingerprint density at radius 2 is 2.58 bits per heavy atom. The van der Waals surface area contributed by atoms with E-state index in [4.69, 9.17) is 0 Å². The molecule has 0 saturated carbocycles. The number of thiazole rings is 1. The Labute approximate surface area is 72.1 Å². The van der Waals surface area contributed by atoms with Crippen molar-refractivity contribution in [2.75, 3.05) is 5.32 Å². The fraction of sp³-hybridized carbons (Fsp3) is 0.167. The summed E-state index contributed by atoms with van der Waals surface area (Å²) in [6.07, 6.45) is 3.53. The van der Waals surface area contributed by atoms with Crippen molar-refractivity contribution in [3.63, 3.8) is 0 Å². The maximum absolute atomic E-state index is 4.06. The van der Waals surface area contributed by atoms with Crippen LogP contribution >= 0.6 is 11.3 Å².